The number of rotatable bonds is 6. The first-order chi connectivity index (χ1) is 11.3. The SMILES string of the molecule is Cc1c(C(=O)N(CC(=O)O)CC(C)C)cnn1-c1cccc(Cl)c1. The Balaban J connectivity index is 2.34. The van der Waals surface area contributed by atoms with Gasteiger partial charge in [-0.1, -0.05) is 31.5 Å². The molecule has 7 heteroatoms. The fourth-order valence-electron chi connectivity index (χ4n) is 2.48. The minimum absolute atomic E-state index is 0.164. The Kier molecular flexibility index (Phi) is 5.62. The van der Waals surface area contributed by atoms with Gasteiger partial charge < -0.3 is 10.0 Å². The Morgan fingerprint density at radius 2 is 2.08 bits per heavy atom. The first kappa shape index (κ1) is 18.0. The Labute approximate surface area is 145 Å². The van der Waals surface area contributed by atoms with Gasteiger partial charge in [0.25, 0.3) is 5.91 Å². The van der Waals surface area contributed by atoms with Gasteiger partial charge in [-0.25, -0.2) is 4.68 Å². The zero-order valence-electron chi connectivity index (χ0n) is 13.9. The number of carboxylic acids is 1. The normalized spacial score (nSPS) is 10.9. The smallest absolute Gasteiger partial charge is 0.323 e. The predicted molar refractivity (Wildman–Crippen MR) is 91.7 cm³/mol. The molecule has 128 valence electrons. The number of hydrogen-bond acceptors (Lipinski definition) is 3. The van der Waals surface area contributed by atoms with Crippen molar-refractivity contribution in [2.45, 2.75) is 20.8 Å². The van der Waals surface area contributed by atoms with Crippen LogP contribution < -0.4 is 0 Å². The van der Waals surface area contributed by atoms with E-state index in [4.69, 9.17) is 16.7 Å². The van der Waals surface area contributed by atoms with Gasteiger partial charge >= 0.3 is 5.97 Å². The summed E-state index contributed by atoms with van der Waals surface area (Å²) in [5.41, 5.74) is 1.77. The molecule has 0 aliphatic rings. The van der Waals surface area contributed by atoms with Crippen molar-refractivity contribution in [1.29, 1.82) is 0 Å². The average Bonchev–Trinajstić information content (AvgIpc) is 2.86. The second kappa shape index (κ2) is 7.49. The van der Waals surface area contributed by atoms with Gasteiger partial charge in [0.05, 0.1) is 23.1 Å². The van der Waals surface area contributed by atoms with Crippen molar-refractivity contribution in [2.24, 2.45) is 5.92 Å². The van der Waals surface area contributed by atoms with Crippen molar-refractivity contribution < 1.29 is 14.7 Å². The summed E-state index contributed by atoms with van der Waals surface area (Å²) in [6.45, 7) is 5.68. The van der Waals surface area contributed by atoms with Crippen LogP contribution in [0.15, 0.2) is 30.5 Å². The number of aliphatic carboxylic acids is 1. The van der Waals surface area contributed by atoms with E-state index in [-0.39, 0.29) is 18.4 Å². The van der Waals surface area contributed by atoms with Crippen molar-refractivity contribution in [3.8, 4) is 5.69 Å². The second-order valence-electron chi connectivity index (χ2n) is 6.01. The predicted octanol–water partition coefficient (Wildman–Crippen LogP) is 3.02. The molecule has 0 saturated heterocycles. The van der Waals surface area contributed by atoms with E-state index in [1.807, 2.05) is 19.9 Å². The van der Waals surface area contributed by atoms with Gasteiger partial charge in [0.1, 0.15) is 6.54 Å². The molecule has 24 heavy (non-hydrogen) atoms. The van der Waals surface area contributed by atoms with Gasteiger partial charge in [-0.3, -0.25) is 9.59 Å². The summed E-state index contributed by atoms with van der Waals surface area (Å²) in [4.78, 5) is 25.1. The lowest BCUT2D eigenvalue weighted by atomic mass is 10.1. The summed E-state index contributed by atoms with van der Waals surface area (Å²) >= 11 is 6.00. The molecule has 1 heterocycles. The van der Waals surface area contributed by atoms with Crippen LogP contribution in [0.1, 0.15) is 29.9 Å². The molecule has 1 aromatic heterocycles. The summed E-state index contributed by atoms with van der Waals surface area (Å²) in [5.74, 6) is -1.21. The van der Waals surface area contributed by atoms with Crippen molar-refractivity contribution >= 4 is 23.5 Å². The third-order valence-electron chi connectivity index (χ3n) is 3.49. The van der Waals surface area contributed by atoms with E-state index < -0.39 is 5.97 Å². The molecule has 2 aromatic rings. The number of hydrogen-bond donors (Lipinski definition) is 1. The third kappa shape index (κ3) is 4.14. The lowest BCUT2D eigenvalue weighted by molar-refractivity contribution is -0.137. The van der Waals surface area contributed by atoms with Crippen molar-refractivity contribution in [3.63, 3.8) is 0 Å². The van der Waals surface area contributed by atoms with Crippen LogP contribution in [0.3, 0.4) is 0 Å². The molecule has 1 N–H and O–H groups in total. The van der Waals surface area contributed by atoms with Gasteiger partial charge in [-0.05, 0) is 31.0 Å². The molecule has 0 atom stereocenters. The Morgan fingerprint density at radius 3 is 2.67 bits per heavy atom. The summed E-state index contributed by atoms with van der Waals surface area (Å²) in [6.07, 6.45) is 1.47. The first-order valence-electron chi connectivity index (χ1n) is 7.61. The summed E-state index contributed by atoms with van der Waals surface area (Å²) in [6, 6.07) is 7.14. The molecule has 0 bridgehead atoms. The number of aromatic nitrogens is 2. The van der Waals surface area contributed by atoms with Gasteiger partial charge in [-0.2, -0.15) is 5.10 Å². The average molecular weight is 350 g/mol. The molecule has 1 amide bonds. The van der Waals surface area contributed by atoms with E-state index in [0.717, 1.165) is 5.69 Å². The van der Waals surface area contributed by atoms with Crippen LogP contribution in [0.5, 0.6) is 0 Å². The van der Waals surface area contributed by atoms with Gasteiger partial charge in [-0.15, -0.1) is 0 Å². The Bertz CT molecular complexity index is 755. The number of halogens is 1. The molecule has 0 aliphatic carbocycles. The highest BCUT2D eigenvalue weighted by Crippen LogP contribution is 2.19. The lowest BCUT2D eigenvalue weighted by Crippen LogP contribution is -2.38. The van der Waals surface area contributed by atoms with Crippen LogP contribution in [-0.2, 0) is 4.79 Å². The fraction of sp³-hybridized carbons (Fsp3) is 0.353. The quantitative estimate of drug-likeness (QED) is 0.869. The molecular weight excluding hydrogens is 330 g/mol. The highest BCUT2D eigenvalue weighted by molar-refractivity contribution is 6.30. The maximum absolute atomic E-state index is 12.7. The highest BCUT2D eigenvalue weighted by Gasteiger charge is 2.23. The van der Waals surface area contributed by atoms with Crippen LogP contribution in [0.4, 0.5) is 0 Å². The number of carbonyl (C=O) groups excluding carboxylic acids is 1. The molecule has 0 aliphatic heterocycles. The van der Waals surface area contributed by atoms with Crippen LogP contribution in [0.2, 0.25) is 5.02 Å². The second-order valence-corrected chi connectivity index (χ2v) is 6.45. The molecule has 6 nitrogen and oxygen atoms in total. The highest BCUT2D eigenvalue weighted by atomic mass is 35.5. The maximum atomic E-state index is 12.7. The number of amides is 1. The van der Waals surface area contributed by atoms with Crippen molar-refractivity contribution in [1.82, 2.24) is 14.7 Å². The zero-order chi connectivity index (χ0) is 17.9. The largest absolute Gasteiger partial charge is 0.480 e. The summed E-state index contributed by atoms with van der Waals surface area (Å²) < 4.78 is 1.62. The minimum atomic E-state index is -1.04. The van der Waals surface area contributed by atoms with Gasteiger partial charge in [0.15, 0.2) is 0 Å². The standard InChI is InChI=1S/C17H20ClN3O3/c1-11(2)9-20(10-16(22)23)17(24)15-8-19-21(12(15)3)14-6-4-5-13(18)7-14/h4-8,11H,9-10H2,1-3H3,(H,22,23). The maximum Gasteiger partial charge on any atom is 0.323 e. The van der Waals surface area contributed by atoms with E-state index >= 15 is 0 Å². The van der Waals surface area contributed by atoms with E-state index in [9.17, 15) is 9.59 Å². The van der Waals surface area contributed by atoms with E-state index in [2.05, 4.69) is 5.10 Å². The molecule has 1 aromatic carbocycles. The summed E-state index contributed by atoms with van der Waals surface area (Å²) in [5, 5.41) is 13.9. The molecule has 0 spiro atoms. The number of benzene rings is 1. The van der Waals surface area contributed by atoms with Gasteiger partial charge in [0, 0.05) is 11.6 Å². The van der Waals surface area contributed by atoms with Crippen LogP contribution in [0.25, 0.3) is 5.69 Å². The molecule has 2 rings (SSSR count). The minimum Gasteiger partial charge on any atom is -0.480 e. The molecule has 0 unspecified atom stereocenters. The molecule has 0 fully saturated rings. The van der Waals surface area contributed by atoms with E-state index in [1.54, 1.807) is 29.8 Å². The van der Waals surface area contributed by atoms with Crippen LogP contribution >= 0.6 is 11.6 Å². The third-order valence-corrected chi connectivity index (χ3v) is 3.73. The number of carboxylic acid groups (broad SMARTS) is 1. The van der Waals surface area contributed by atoms with Gasteiger partial charge in [0.2, 0.25) is 0 Å². The van der Waals surface area contributed by atoms with E-state index in [1.165, 1.54) is 11.1 Å². The topological polar surface area (TPSA) is 75.4 Å². The Morgan fingerprint density at radius 1 is 1.38 bits per heavy atom. The van der Waals surface area contributed by atoms with Crippen LogP contribution in [-0.4, -0.2) is 44.8 Å². The molecule has 0 saturated carbocycles. The molecular formula is C17H20ClN3O3. The monoisotopic (exact) mass is 349 g/mol. The van der Waals surface area contributed by atoms with Crippen LogP contribution in [0, 0.1) is 12.8 Å². The molecule has 0 radical (unpaired) electrons. The lowest BCUT2D eigenvalue weighted by Gasteiger charge is -2.22. The first-order valence-corrected chi connectivity index (χ1v) is 7.99. The summed E-state index contributed by atoms with van der Waals surface area (Å²) in [7, 11) is 0. The Hall–Kier alpha value is -2.34. The van der Waals surface area contributed by atoms with Crippen molar-refractivity contribution in [3.05, 3.63) is 46.7 Å². The van der Waals surface area contributed by atoms with Crippen molar-refractivity contribution in [2.75, 3.05) is 13.1 Å². The van der Waals surface area contributed by atoms with E-state index in [0.29, 0.717) is 22.8 Å². The number of carbonyl (C=O) groups is 2. The number of nitrogens with zero attached hydrogens (tertiary/aromatic N) is 3. The zero-order valence-corrected chi connectivity index (χ0v) is 14.6. The fourth-order valence-corrected chi connectivity index (χ4v) is 2.67.